The molecule has 2 aromatic heterocycles. The number of pyridine rings is 1. The largest absolute Gasteiger partial charge is 0.305 e. The third kappa shape index (κ3) is 1.62. The molecule has 0 saturated heterocycles. The molecule has 0 aliphatic heterocycles. The zero-order chi connectivity index (χ0) is 16.1. The van der Waals surface area contributed by atoms with Crippen molar-refractivity contribution in [2.24, 2.45) is 0 Å². The molecule has 4 heteroatoms. The zero-order valence-corrected chi connectivity index (χ0v) is 7.81. The first kappa shape index (κ1) is 3.20. The Hall–Kier alpha value is -1.16. The summed E-state index contributed by atoms with van der Waals surface area (Å²) in [5, 5.41) is 0. The van der Waals surface area contributed by atoms with Gasteiger partial charge in [-0.05, 0) is 34.4 Å². The second-order valence-electron chi connectivity index (χ2n) is 2.13. The molecule has 0 atom stereocenters. The number of aromatic nitrogens is 3. The molecular weight excluding hydrogens is 230 g/mol. The number of imidazole rings is 1. The predicted molar refractivity (Wildman–Crippen MR) is 53.8 cm³/mol. The van der Waals surface area contributed by atoms with E-state index in [2.05, 4.69) is 25.9 Å². The molecule has 0 saturated carbocycles. The molecule has 2 heterocycles. The van der Waals surface area contributed by atoms with E-state index in [4.69, 9.17) is 11.0 Å². The second kappa shape index (κ2) is 3.30. The van der Waals surface area contributed by atoms with Crippen LogP contribution < -0.4 is 0 Å². The fourth-order valence-corrected chi connectivity index (χ4v) is 1.05. The first-order valence-corrected chi connectivity index (χ1v) is 4.05. The topological polar surface area (TPSA) is 30.7 Å². The summed E-state index contributed by atoms with van der Waals surface area (Å²) >= 11 is 2.95. The SMILES string of the molecule is [2H]c1nc([2H])c(C([2H])([2H])[2H])c(-n2c([2H])nc(Br)c2[2H])c1[2H]. The van der Waals surface area contributed by atoms with Gasteiger partial charge in [-0.25, -0.2) is 4.98 Å². The lowest BCUT2D eigenvalue weighted by Crippen LogP contribution is -1.93. The molecule has 66 valence electrons. The van der Waals surface area contributed by atoms with E-state index in [1.807, 2.05) is 0 Å². The highest BCUT2D eigenvalue weighted by molar-refractivity contribution is 9.10. The van der Waals surface area contributed by atoms with Gasteiger partial charge in [0.1, 0.15) is 12.3 Å². The molecule has 0 bridgehead atoms. The first-order chi connectivity index (χ1) is 9.55. The third-order valence-corrected chi connectivity index (χ3v) is 1.67. The van der Waals surface area contributed by atoms with Gasteiger partial charge in [0.15, 0.2) is 0 Å². The molecule has 13 heavy (non-hydrogen) atoms. The number of hydrogen-bond acceptors (Lipinski definition) is 2. The van der Waals surface area contributed by atoms with Crippen LogP contribution in [-0.2, 0) is 0 Å². The van der Waals surface area contributed by atoms with E-state index in [1.54, 1.807) is 0 Å². The minimum absolute atomic E-state index is 0.00161. The Morgan fingerprint density at radius 3 is 3.31 bits per heavy atom. The molecule has 3 nitrogen and oxygen atoms in total. The summed E-state index contributed by atoms with van der Waals surface area (Å²) in [6.45, 7) is -2.78. The molecule has 0 aromatic carbocycles. The zero-order valence-electron chi connectivity index (χ0n) is 14.2. The monoisotopic (exact) mass is 245 g/mol. The normalized spacial score (nSPS) is 20.1. The summed E-state index contributed by atoms with van der Waals surface area (Å²) in [5.74, 6) is 0. The van der Waals surface area contributed by atoms with Crippen LogP contribution in [-0.4, -0.2) is 14.5 Å². The summed E-state index contributed by atoms with van der Waals surface area (Å²) < 4.78 is 61.8. The summed E-state index contributed by atoms with van der Waals surface area (Å²) in [7, 11) is 0. The number of nitrogens with zero attached hydrogens (tertiary/aromatic N) is 3. The van der Waals surface area contributed by atoms with Crippen molar-refractivity contribution in [1.82, 2.24) is 14.5 Å². The van der Waals surface area contributed by atoms with Gasteiger partial charge in [-0.2, -0.15) is 0 Å². The highest BCUT2D eigenvalue weighted by atomic mass is 79.9. The van der Waals surface area contributed by atoms with E-state index < -0.39 is 42.8 Å². The Kier molecular flexibility index (Phi) is 0.813. The van der Waals surface area contributed by atoms with Gasteiger partial charge in [-0.1, -0.05) is 0 Å². The van der Waals surface area contributed by atoms with Crippen LogP contribution in [0.3, 0.4) is 0 Å². The molecule has 0 spiro atoms. The first-order valence-electron chi connectivity index (χ1n) is 7.25. The summed E-state index contributed by atoms with van der Waals surface area (Å²) in [5.41, 5.74) is -0.997. The molecule has 0 N–H and O–H groups in total. The maximum atomic E-state index is 7.84. The fourth-order valence-electron chi connectivity index (χ4n) is 0.790. The van der Waals surface area contributed by atoms with Gasteiger partial charge in [0.2, 0.25) is 0 Å². The number of halogens is 1. The predicted octanol–water partition coefficient (Wildman–Crippen LogP) is 2.34. The van der Waals surface area contributed by atoms with Crippen LogP contribution in [0.4, 0.5) is 0 Å². The van der Waals surface area contributed by atoms with Crippen LogP contribution in [0.15, 0.2) is 35.5 Å². The van der Waals surface area contributed by atoms with Crippen molar-refractivity contribution < 1.29 is 11.0 Å². The van der Waals surface area contributed by atoms with Crippen molar-refractivity contribution in [3.8, 4) is 5.69 Å². The Labute approximate surface area is 95.8 Å². The molecular formula is C9H8BrN3. The summed E-state index contributed by atoms with van der Waals surface area (Å²) in [6, 6.07) is -0.580. The highest BCUT2D eigenvalue weighted by Crippen LogP contribution is 2.14. The van der Waals surface area contributed by atoms with Crippen molar-refractivity contribution in [3.63, 3.8) is 0 Å². The number of rotatable bonds is 1. The number of hydrogen-bond donors (Lipinski definition) is 0. The van der Waals surface area contributed by atoms with Gasteiger partial charge >= 0.3 is 0 Å². The van der Waals surface area contributed by atoms with Crippen molar-refractivity contribution >= 4 is 15.9 Å². The van der Waals surface area contributed by atoms with E-state index in [0.717, 1.165) is 4.57 Å². The van der Waals surface area contributed by atoms with Crippen molar-refractivity contribution in [3.05, 3.63) is 41.0 Å². The Morgan fingerprint density at radius 2 is 2.62 bits per heavy atom. The lowest BCUT2D eigenvalue weighted by molar-refractivity contribution is 1.03. The summed E-state index contributed by atoms with van der Waals surface area (Å²) in [4.78, 5) is 7.07. The average molecular weight is 246 g/mol. The average Bonchev–Trinajstić information content (AvgIpc) is 2.56. The smallest absolute Gasteiger partial charge is 0.124 e. The Balaban J connectivity index is 2.97. The van der Waals surface area contributed by atoms with Crippen molar-refractivity contribution in [2.75, 3.05) is 0 Å². The van der Waals surface area contributed by atoms with Crippen molar-refractivity contribution in [1.29, 1.82) is 0 Å². The van der Waals surface area contributed by atoms with Crippen LogP contribution >= 0.6 is 15.9 Å². The maximum absolute atomic E-state index is 7.84. The van der Waals surface area contributed by atoms with Crippen LogP contribution in [0, 0.1) is 6.85 Å². The fraction of sp³-hybridized carbons (Fsp3) is 0.111. The molecule has 0 unspecified atom stereocenters. The lowest BCUT2D eigenvalue weighted by Gasteiger charge is -2.03. The summed E-state index contributed by atoms with van der Waals surface area (Å²) in [6.07, 6.45) is -2.11. The molecule has 0 amide bonds. The van der Waals surface area contributed by atoms with Gasteiger partial charge < -0.3 is 4.57 Å². The minimum atomic E-state index is -2.78. The molecule has 0 radical (unpaired) electrons. The standard InChI is InChI=1S/C9H8BrN3/c1-7-4-11-3-2-8(7)13-5-9(10)12-6-13/h2-6H,1H3/i1D3,2D,3D,4D,5D,6D. The van der Waals surface area contributed by atoms with Crippen molar-refractivity contribution in [2.45, 2.75) is 6.85 Å². The lowest BCUT2D eigenvalue weighted by atomic mass is 10.2. The van der Waals surface area contributed by atoms with Gasteiger partial charge in [-0.3, -0.25) is 4.98 Å². The van der Waals surface area contributed by atoms with Crippen LogP contribution in [0.5, 0.6) is 0 Å². The molecule has 2 aromatic rings. The molecule has 0 aliphatic carbocycles. The van der Waals surface area contributed by atoms with E-state index in [0.29, 0.717) is 0 Å². The van der Waals surface area contributed by atoms with Gasteiger partial charge in [0.25, 0.3) is 0 Å². The Morgan fingerprint density at radius 1 is 1.69 bits per heavy atom. The van der Waals surface area contributed by atoms with E-state index in [1.165, 1.54) is 0 Å². The van der Waals surface area contributed by atoms with Crippen LogP contribution in [0.2, 0.25) is 0 Å². The van der Waals surface area contributed by atoms with E-state index >= 15 is 0 Å². The minimum Gasteiger partial charge on any atom is -0.305 e. The molecule has 0 fully saturated rings. The van der Waals surface area contributed by atoms with Crippen LogP contribution in [0.1, 0.15) is 16.5 Å². The Bertz CT molecular complexity index is 723. The quantitative estimate of drug-likeness (QED) is 0.773. The molecule has 2 rings (SSSR count). The van der Waals surface area contributed by atoms with Crippen LogP contribution in [0.25, 0.3) is 5.69 Å². The van der Waals surface area contributed by atoms with Gasteiger partial charge in [0, 0.05) is 22.6 Å². The maximum Gasteiger partial charge on any atom is 0.124 e. The van der Waals surface area contributed by atoms with E-state index in [-0.39, 0.29) is 10.8 Å². The third-order valence-electron chi connectivity index (χ3n) is 1.31. The van der Waals surface area contributed by atoms with E-state index in [9.17, 15) is 0 Å². The highest BCUT2D eigenvalue weighted by Gasteiger charge is 2.00. The molecule has 0 aliphatic rings. The van der Waals surface area contributed by atoms with Gasteiger partial charge in [-0.15, -0.1) is 0 Å². The second-order valence-corrected chi connectivity index (χ2v) is 2.88. The van der Waals surface area contributed by atoms with Gasteiger partial charge in [0.05, 0.1) is 11.2 Å².